The highest BCUT2D eigenvalue weighted by Gasteiger charge is 2.33. The summed E-state index contributed by atoms with van der Waals surface area (Å²) >= 11 is 0. The molecule has 1 aliphatic carbocycles. The molecule has 0 aromatic carbocycles. The zero-order chi connectivity index (χ0) is 17.6. The van der Waals surface area contributed by atoms with Gasteiger partial charge in [0, 0.05) is 24.5 Å². The molecule has 6 nitrogen and oxygen atoms in total. The maximum atomic E-state index is 5.63. The van der Waals surface area contributed by atoms with Crippen molar-refractivity contribution in [1.29, 1.82) is 0 Å². The van der Waals surface area contributed by atoms with Gasteiger partial charge in [-0.2, -0.15) is 0 Å². The monoisotopic (exact) mass is 356 g/mol. The van der Waals surface area contributed by atoms with Crippen molar-refractivity contribution in [3.05, 3.63) is 47.8 Å². The van der Waals surface area contributed by atoms with E-state index in [0.29, 0.717) is 63.2 Å². The Bertz CT molecular complexity index is 628. The molecule has 2 aromatic heterocycles. The Morgan fingerprint density at radius 2 is 1.08 bits per heavy atom. The lowest BCUT2D eigenvalue weighted by molar-refractivity contribution is 0.0265. The third-order valence-electron chi connectivity index (χ3n) is 4.98. The first kappa shape index (κ1) is 17.2. The smallest absolute Gasteiger partial charge is 0.213 e. The second-order valence-corrected chi connectivity index (χ2v) is 6.57. The summed E-state index contributed by atoms with van der Waals surface area (Å²) in [5.41, 5.74) is 2.52. The molecule has 6 rings (SSSR count). The van der Waals surface area contributed by atoms with Gasteiger partial charge in [0.05, 0.1) is 26.4 Å². The largest absolute Gasteiger partial charge is 0.475 e. The van der Waals surface area contributed by atoms with Crippen LogP contribution in [0, 0.1) is 0 Å². The topological polar surface area (TPSA) is 62.7 Å². The van der Waals surface area contributed by atoms with Crippen LogP contribution in [0.2, 0.25) is 0 Å². The van der Waals surface area contributed by atoms with Gasteiger partial charge in [0.2, 0.25) is 11.8 Å². The fourth-order valence-corrected chi connectivity index (χ4v) is 3.42. The molecule has 5 heterocycles. The Morgan fingerprint density at radius 1 is 0.615 bits per heavy atom. The Labute approximate surface area is 153 Å². The van der Waals surface area contributed by atoms with Crippen LogP contribution in [-0.2, 0) is 9.47 Å². The Balaban J connectivity index is 1.48. The maximum absolute atomic E-state index is 5.63. The molecule has 0 saturated heterocycles. The van der Waals surface area contributed by atoms with Gasteiger partial charge in [-0.25, -0.2) is 9.97 Å². The summed E-state index contributed by atoms with van der Waals surface area (Å²) in [5, 5.41) is 0. The van der Waals surface area contributed by atoms with E-state index in [1.54, 1.807) is 0 Å². The number of pyridine rings is 2. The summed E-state index contributed by atoms with van der Waals surface area (Å²) in [6, 6.07) is 8.14. The van der Waals surface area contributed by atoms with Crippen molar-refractivity contribution in [2.45, 2.75) is 24.7 Å². The van der Waals surface area contributed by atoms with Crippen molar-refractivity contribution in [3.63, 3.8) is 0 Å². The van der Waals surface area contributed by atoms with E-state index >= 15 is 0 Å². The van der Waals surface area contributed by atoms with E-state index in [1.807, 2.05) is 24.5 Å². The number of aromatic nitrogens is 2. The van der Waals surface area contributed by atoms with Crippen LogP contribution in [0.15, 0.2) is 36.7 Å². The zero-order valence-corrected chi connectivity index (χ0v) is 14.8. The molecule has 0 spiro atoms. The minimum Gasteiger partial charge on any atom is -0.475 e. The molecule has 26 heavy (non-hydrogen) atoms. The summed E-state index contributed by atoms with van der Waals surface area (Å²) in [4.78, 5) is 8.88. The van der Waals surface area contributed by atoms with Crippen molar-refractivity contribution < 1.29 is 18.9 Å². The summed E-state index contributed by atoms with van der Waals surface area (Å²) in [5.74, 6) is 2.27. The van der Waals surface area contributed by atoms with E-state index in [-0.39, 0.29) is 0 Å². The van der Waals surface area contributed by atoms with Crippen LogP contribution in [0.4, 0.5) is 0 Å². The van der Waals surface area contributed by atoms with Crippen LogP contribution in [0.1, 0.15) is 35.8 Å². The van der Waals surface area contributed by atoms with Gasteiger partial charge < -0.3 is 18.9 Å². The molecule has 2 atom stereocenters. The Morgan fingerprint density at radius 3 is 1.46 bits per heavy atom. The first-order valence-corrected chi connectivity index (χ1v) is 9.23. The quantitative estimate of drug-likeness (QED) is 0.723. The molecule has 2 unspecified atom stereocenters. The predicted octanol–water partition coefficient (Wildman–Crippen LogP) is 2.94. The van der Waals surface area contributed by atoms with E-state index in [1.165, 1.54) is 24.0 Å². The van der Waals surface area contributed by atoms with Crippen LogP contribution < -0.4 is 9.47 Å². The molecule has 3 aliphatic heterocycles. The molecule has 4 aliphatic rings. The average molecular weight is 356 g/mol. The summed E-state index contributed by atoms with van der Waals surface area (Å²) in [6.45, 7) is 3.07. The van der Waals surface area contributed by atoms with Gasteiger partial charge in [0.15, 0.2) is 0 Å². The van der Waals surface area contributed by atoms with E-state index in [0.717, 1.165) is 0 Å². The third kappa shape index (κ3) is 4.14. The Kier molecular flexibility index (Phi) is 5.62. The van der Waals surface area contributed by atoms with Gasteiger partial charge in [-0.15, -0.1) is 0 Å². The zero-order valence-electron chi connectivity index (χ0n) is 14.8. The number of rotatable bonds is 0. The van der Waals surface area contributed by atoms with Crippen molar-refractivity contribution in [3.8, 4) is 11.8 Å². The Hall–Kier alpha value is -2.18. The van der Waals surface area contributed by atoms with Crippen LogP contribution in [-0.4, -0.2) is 49.6 Å². The molecule has 0 N–H and O–H groups in total. The van der Waals surface area contributed by atoms with Gasteiger partial charge in [-0.1, -0.05) is 12.1 Å². The van der Waals surface area contributed by atoms with Crippen molar-refractivity contribution in [2.75, 3.05) is 39.6 Å². The maximum Gasteiger partial charge on any atom is 0.213 e. The highest BCUT2D eigenvalue weighted by Crippen LogP contribution is 2.48. The molecule has 2 aromatic rings. The molecule has 1 fully saturated rings. The van der Waals surface area contributed by atoms with Crippen molar-refractivity contribution in [1.82, 2.24) is 9.97 Å². The lowest BCUT2D eigenvalue weighted by Crippen LogP contribution is -2.22. The minimum atomic E-state index is 0.485. The van der Waals surface area contributed by atoms with E-state index in [9.17, 15) is 0 Å². The van der Waals surface area contributed by atoms with Gasteiger partial charge in [0.25, 0.3) is 0 Å². The fraction of sp³-hybridized carbons (Fsp3) is 0.500. The number of ether oxygens (including phenoxy) is 4. The lowest BCUT2D eigenvalue weighted by atomic mass is 9.67. The van der Waals surface area contributed by atoms with E-state index < -0.39 is 0 Å². The minimum absolute atomic E-state index is 0.485. The first-order valence-electron chi connectivity index (χ1n) is 9.23. The molecular weight excluding hydrogens is 332 g/mol. The van der Waals surface area contributed by atoms with Crippen LogP contribution >= 0.6 is 0 Å². The van der Waals surface area contributed by atoms with Gasteiger partial charge >= 0.3 is 0 Å². The van der Waals surface area contributed by atoms with Gasteiger partial charge in [0.1, 0.15) is 13.2 Å². The number of hydrogen-bond acceptors (Lipinski definition) is 6. The molecular formula is C20H24N2O4. The summed E-state index contributed by atoms with van der Waals surface area (Å²) in [7, 11) is 0. The van der Waals surface area contributed by atoms with Crippen LogP contribution in [0.3, 0.4) is 0 Å². The van der Waals surface area contributed by atoms with Crippen molar-refractivity contribution >= 4 is 0 Å². The summed E-state index contributed by atoms with van der Waals surface area (Å²) in [6.07, 6.45) is 6.22. The van der Waals surface area contributed by atoms with Gasteiger partial charge in [-0.3, -0.25) is 0 Å². The van der Waals surface area contributed by atoms with Gasteiger partial charge in [-0.05, 0) is 35.8 Å². The van der Waals surface area contributed by atoms with E-state index in [4.69, 9.17) is 18.9 Å². The fourth-order valence-electron chi connectivity index (χ4n) is 3.42. The lowest BCUT2D eigenvalue weighted by Gasteiger charge is -2.37. The second-order valence-electron chi connectivity index (χ2n) is 6.57. The highest BCUT2D eigenvalue weighted by molar-refractivity contribution is 5.32. The first-order chi connectivity index (χ1) is 12.9. The van der Waals surface area contributed by atoms with E-state index in [2.05, 4.69) is 22.1 Å². The second kappa shape index (κ2) is 8.47. The third-order valence-corrected chi connectivity index (χ3v) is 4.98. The molecule has 0 radical (unpaired) electrons. The molecule has 6 heteroatoms. The normalized spacial score (nSPS) is 24.0. The van der Waals surface area contributed by atoms with Crippen LogP contribution in [0.5, 0.6) is 11.8 Å². The number of hydrogen-bond donors (Lipinski definition) is 0. The number of nitrogens with zero attached hydrogens (tertiary/aromatic N) is 2. The molecule has 0 amide bonds. The highest BCUT2D eigenvalue weighted by atomic mass is 16.6. The summed E-state index contributed by atoms with van der Waals surface area (Å²) < 4.78 is 22.2. The predicted molar refractivity (Wildman–Crippen MR) is 95.8 cm³/mol. The standard InChI is InChI=1S/C20H24N2O4/c1-5-19-21-13-15(1)17-3-4-18(17)16-2-6-20(22-14-16)26-12-10-24-8-7-23-9-11-25-19/h1-2,5-6,13-14,17-18H,3-4,7-12H2. The SMILES string of the molecule is c1cc2ncc1C1CCC1c1ccc(nc1)OCCOCCOCCO2. The molecule has 1 saturated carbocycles. The molecule has 138 valence electrons. The molecule has 4 bridgehead atoms. The average Bonchev–Trinajstić information content (AvgIpc) is 2.64. The van der Waals surface area contributed by atoms with Crippen molar-refractivity contribution in [2.24, 2.45) is 0 Å². The van der Waals surface area contributed by atoms with Crippen LogP contribution in [0.25, 0.3) is 0 Å². The number of fused-ring (bicyclic) bond motifs is 2.